The van der Waals surface area contributed by atoms with Gasteiger partial charge < -0.3 is 5.32 Å². The van der Waals surface area contributed by atoms with Gasteiger partial charge in [0.1, 0.15) is 0 Å². The van der Waals surface area contributed by atoms with Crippen LogP contribution in [0, 0.1) is 0 Å². The Morgan fingerprint density at radius 2 is 2.20 bits per heavy atom. The minimum absolute atomic E-state index is 0. The highest BCUT2D eigenvalue weighted by molar-refractivity contribution is 5.97. The maximum atomic E-state index is 11.4. The first-order chi connectivity index (χ1) is 7.24. The topological polar surface area (TPSA) is 53.5 Å². The second-order valence-electron chi connectivity index (χ2n) is 3.22. The van der Waals surface area contributed by atoms with Gasteiger partial charge in [0.05, 0.1) is 0 Å². The summed E-state index contributed by atoms with van der Waals surface area (Å²) >= 11 is 0. The fourth-order valence-electron chi connectivity index (χ4n) is 1.05. The van der Waals surface area contributed by atoms with Gasteiger partial charge in [-0.1, -0.05) is 25.8 Å². The molecule has 0 aliphatic carbocycles. The van der Waals surface area contributed by atoms with Crippen molar-refractivity contribution in [2.24, 2.45) is 4.99 Å². The van der Waals surface area contributed by atoms with Crippen LogP contribution < -0.4 is 10.6 Å². The first-order valence-corrected chi connectivity index (χ1v) is 5.38. The molecule has 15 heavy (non-hydrogen) atoms. The lowest BCUT2D eigenvalue weighted by Gasteiger charge is -2.07. The lowest BCUT2D eigenvalue weighted by atomic mass is 10.2. The van der Waals surface area contributed by atoms with Gasteiger partial charge in [-0.15, -0.1) is 0 Å². The standard InChI is InChI=1S/C11H21N3O.H2/c1-4-6-7-8-10(15)14-11(12-3)13-9-5-2;/h5,9H,4,6-8H2,1-3H3,(H2,12,13,14,15);1H/b9-5-;. The van der Waals surface area contributed by atoms with Crippen molar-refractivity contribution in [3.63, 3.8) is 0 Å². The molecule has 0 radical (unpaired) electrons. The molecule has 0 spiro atoms. The summed E-state index contributed by atoms with van der Waals surface area (Å²) in [5.41, 5.74) is 0. The third-order valence-electron chi connectivity index (χ3n) is 1.88. The van der Waals surface area contributed by atoms with Crippen molar-refractivity contribution in [3.8, 4) is 0 Å². The number of hydrogen-bond donors (Lipinski definition) is 2. The van der Waals surface area contributed by atoms with E-state index in [1.54, 1.807) is 13.2 Å². The molecular formula is C11H23N3O. The van der Waals surface area contributed by atoms with Crippen LogP contribution in [0.25, 0.3) is 0 Å². The monoisotopic (exact) mass is 213 g/mol. The summed E-state index contributed by atoms with van der Waals surface area (Å²) in [6, 6.07) is 0. The van der Waals surface area contributed by atoms with Crippen LogP contribution in [-0.4, -0.2) is 18.9 Å². The van der Waals surface area contributed by atoms with Gasteiger partial charge in [0, 0.05) is 14.9 Å². The molecule has 0 aromatic heterocycles. The fraction of sp³-hybridized carbons (Fsp3) is 0.636. The first-order valence-electron chi connectivity index (χ1n) is 5.38. The van der Waals surface area contributed by atoms with Crippen molar-refractivity contribution in [1.82, 2.24) is 10.6 Å². The Kier molecular flexibility index (Phi) is 8.43. The van der Waals surface area contributed by atoms with Crippen LogP contribution in [0.5, 0.6) is 0 Å². The summed E-state index contributed by atoms with van der Waals surface area (Å²) < 4.78 is 0. The molecular weight excluding hydrogens is 190 g/mol. The number of aliphatic imine (C=N–C) groups is 1. The van der Waals surface area contributed by atoms with Crippen LogP contribution >= 0.6 is 0 Å². The molecule has 88 valence electrons. The minimum Gasteiger partial charge on any atom is -0.333 e. The number of unbranched alkanes of at least 4 members (excludes halogenated alkanes) is 2. The highest BCUT2D eigenvalue weighted by atomic mass is 16.1. The predicted molar refractivity (Wildman–Crippen MR) is 65.7 cm³/mol. The molecule has 0 saturated carbocycles. The molecule has 0 heterocycles. The lowest BCUT2D eigenvalue weighted by molar-refractivity contribution is -0.119. The van der Waals surface area contributed by atoms with E-state index < -0.39 is 0 Å². The normalized spacial score (nSPS) is 11.8. The third-order valence-corrected chi connectivity index (χ3v) is 1.88. The average molecular weight is 213 g/mol. The second kappa shape index (κ2) is 9.24. The van der Waals surface area contributed by atoms with Crippen LogP contribution in [-0.2, 0) is 4.79 Å². The van der Waals surface area contributed by atoms with E-state index in [0.29, 0.717) is 12.4 Å². The van der Waals surface area contributed by atoms with Gasteiger partial charge in [0.25, 0.3) is 0 Å². The summed E-state index contributed by atoms with van der Waals surface area (Å²) in [6.07, 6.45) is 7.28. The Bertz CT molecular complexity index is 239. The van der Waals surface area contributed by atoms with Crippen LogP contribution in [0.4, 0.5) is 0 Å². The molecule has 0 saturated heterocycles. The largest absolute Gasteiger partial charge is 0.333 e. The Morgan fingerprint density at radius 1 is 1.47 bits per heavy atom. The molecule has 0 unspecified atom stereocenters. The number of nitrogens with one attached hydrogen (secondary N) is 2. The number of carbonyl (C=O) groups is 1. The maximum absolute atomic E-state index is 11.4. The Balaban J connectivity index is 0. The van der Waals surface area contributed by atoms with Crippen molar-refractivity contribution in [1.29, 1.82) is 0 Å². The molecule has 0 bridgehead atoms. The quantitative estimate of drug-likeness (QED) is 0.417. The smallest absolute Gasteiger partial charge is 0.226 e. The van der Waals surface area contributed by atoms with Crippen LogP contribution in [0.15, 0.2) is 17.3 Å². The summed E-state index contributed by atoms with van der Waals surface area (Å²) in [5, 5.41) is 5.59. The predicted octanol–water partition coefficient (Wildman–Crippen LogP) is 2.04. The molecule has 0 aromatic carbocycles. The summed E-state index contributed by atoms with van der Waals surface area (Å²) in [7, 11) is 1.64. The Labute approximate surface area is 93.3 Å². The number of carbonyl (C=O) groups excluding carboxylic acids is 1. The number of rotatable bonds is 5. The van der Waals surface area contributed by atoms with Crippen molar-refractivity contribution in [3.05, 3.63) is 12.3 Å². The molecule has 0 aliphatic heterocycles. The molecule has 0 aliphatic rings. The molecule has 0 fully saturated rings. The number of guanidine groups is 1. The summed E-state index contributed by atoms with van der Waals surface area (Å²) in [6.45, 7) is 4.01. The van der Waals surface area contributed by atoms with Gasteiger partial charge in [0.2, 0.25) is 11.9 Å². The van der Waals surface area contributed by atoms with Gasteiger partial charge in [-0.05, 0) is 19.5 Å². The first kappa shape index (κ1) is 13.7. The zero-order valence-electron chi connectivity index (χ0n) is 9.84. The van der Waals surface area contributed by atoms with Gasteiger partial charge in [-0.25, -0.2) is 0 Å². The summed E-state index contributed by atoms with van der Waals surface area (Å²) in [4.78, 5) is 15.3. The highest BCUT2D eigenvalue weighted by Gasteiger charge is 2.03. The molecule has 0 atom stereocenters. The molecule has 1 amide bonds. The van der Waals surface area contributed by atoms with Crippen molar-refractivity contribution in [2.75, 3.05) is 7.05 Å². The average Bonchev–Trinajstić information content (AvgIpc) is 2.24. The second-order valence-corrected chi connectivity index (χ2v) is 3.22. The van der Waals surface area contributed by atoms with Crippen molar-refractivity contribution >= 4 is 11.9 Å². The van der Waals surface area contributed by atoms with E-state index in [9.17, 15) is 4.79 Å². The SMILES string of the molecule is C/C=C\NC(=NC)NC(=O)CCCCC.[HH]. The van der Waals surface area contributed by atoms with E-state index in [0.717, 1.165) is 19.3 Å². The van der Waals surface area contributed by atoms with Gasteiger partial charge >= 0.3 is 0 Å². The van der Waals surface area contributed by atoms with Gasteiger partial charge in [-0.3, -0.25) is 15.1 Å². The molecule has 2 N–H and O–H groups in total. The van der Waals surface area contributed by atoms with Crippen LogP contribution in [0.1, 0.15) is 41.0 Å². The fourth-order valence-corrected chi connectivity index (χ4v) is 1.05. The van der Waals surface area contributed by atoms with E-state index in [1.165, 1.54) is 0 Å². The van der Waals surface area contributed by atoms with E-state index in [4.69, 9.17) is 0 Å². The molecule has 0 rings (SSSR count). The van der Waals surface area contributed by atoms with Crippen molar-refractivity contribution < 1.29 is 6.22 Å². The van der Waals surface area contributed by atoms with Crippen LogP contribution in [0.3, 0.4) is 0 Å². The zero-order valence-corrected chi connectivity index (χ0v) is 9.84. The van der Waals surface area contributed by atoms with E-state index in [2.05, 4.69) is 22.5 Å². The van der Waals surface area contributed by atoms with E-state index in [-0.39, 0.29) is 7.33 Å². The Morgan fingerprint density at radius 3 is 2.73 bits per heavy atom. The third kappa shape index (κ3) is 7.73. The molecule has 4 heteroatoms. The number of amides is 1. The lowest BCUT2D eigenvalue weighted by Crippen LogP contribution is -2.38. The van der Waals surface area contributed by atoms with Gasteiger partial charge in [0.15, 0.2) is 0 Å². The van der Waals surface area contributed by atoms with Crippen molar-refractivity contribution in [2.45, 2.75) is 39.5 Å². The number of allylic oxidation sites excluding steroid dienone is 1. The molecule has 4 nitrogen and oxygen atoms in total. The highest BCUT2D eigenvalue weighted by Crippen LogP contribution is 1.97. The maximum Gasteiger partial charge on any atom is 0.226 e. The van der Waals surface area contributed by atoms with E-state index >= 15 is 0 Å². The molecule has 0 aromatic rings. The van der Waals surface area contributed by atoms with Gasteiger partial charge in [-0.2, -0.15) is 0 Å². The summed E-state index contributed by atoms with van der Waals surface area (Å²) in [5.74, 6) is 0.510. The zero-order chi connectivity index (χ0) is 11.5. The van der Waals surface area contributed by atoms with Crippen LogP contribution in [0.2, 0.25) is 0 Å². The van der Waals surface area contributed by atoms with E-state index in [1.807, 2.05) is 13.0 Å². The Hall–Kier alpha value is -1.32. The number of hydrogen-bond acceptors (Lipinski definition) is 2. The number of nitrogens with zero attached hydrogens (tertiary/aromatic N) is 1. The minimum atomic E-state index is 0.